The Morgan fingerprint density at radius 2 is 1.96 bits per heavy atom. The van der Waals surface area contributed by atoms with Gasteiger partial charge in [-0.2, -0.15) is 5.10 Å². The van der Waals surface area contributed by atoms with E-state index in [0.29, 0.717) is 6.54 Å². The standard InChI is InChI=1S/C20H23N7O/c1-25(2)18-12-19(23-14-22-18)26-11-3-4-16(26)13-27-20(28)6-5-17(24-27)15-7-9-21-10-8-15/h5-10,12,14,16H,3-4,11,13H2,1-2H3. The van der Waals surface area contributed by atoms with Gasteiger partial charge in [-0.15, -0.1) is 0 Å². The average molecular weight is 377 g/mol. The molecule has 1 fully saturated rings. The van der Waals surface area contributed by atoms with Gasteiger partial charge < -0.3 is 9.80 Å². The molecule has 1 saturated heterocycles. The van der Waals surface area contributed by atoms with Crippen LogP contribution in [0.4, 0.5) is 11.6 Å². The third-order valence-corrected chi connectivity index (χ3v) is 4.99. The van der Waals surface area contributed by atoms with Crippen molar-refractivity contribution in [2.75, 3.05) is 30.4 Å². The van der Waals surface area contributed by atoms with E-state index in [1.807, 2.05) is 37.2 Å². The number of nitrogens with zero attached hydrogens (tertiary/aromatic N) is 7. The molecule has 1 aliphatic rings. The topological polar surface area (TPSA) is 80.0 Å². The highest BCUT2D eigenvalue weighted by atomic mass is 16.1. The van der Waals surface area contributed by atoms with Gasteiger partial charge in [0.25, 0.3) is 5.56 Å². The van der Waals surface area contributed by atoms with E-state index in [0.717, 1.165) is 42.3 Å². The summed E-state index contributed by atoms with van der Waals surface area (Å²) in [7, 11) is 3.92. The van der Waals surface area contributed by atoms with Crippen LogP contribution in [-0.4, -0.2) is 51.4 Å². The highest BCUT2D eigenvalue weighted by molar-refractivity contribution is 5.57. The van der Waals surface area contributed by atoms with E-state index in [2.05, 4.69) is 25.0 Å². The van der Waals surface area contributed by atoms with Crippen molar-refractivity contribution in [1.29, 1.82) is 0 Å². The summed E-state index contributed by atoms with van der Waals surface area (Å²) in [5.41, 5.74) is 1.61. The fraction of sp³-hybridized carbons (Fsp3) is 0.350. The molecule has 8 nitrogen and oxygen atoms in total. The maximum Gasteiger partial charge on any atom is 0.266 e. The highest BCUT2D eigenvalue weighted by Crippen LogP contribution is 2.26. The van der Waals surface area contributed by atoms with Gasteiger partial charge >= 0.3 is 0 Å². The molecule has 144 valence electrons. The van der Waals surface area contributed by atoms with Crippen molar-refractivity contribution in [2.45, 2.75) is 25.4 Å². The predicted molar refractivity (Wildman–Crippen MR) is 108 cm³/mol. The van der Waals surface area contributed by atoms with Gasteiger partial charge in [0, 0.05) is 50.7 Å². The average Bonchev–Trinajstić information content (AvgIpc) is 3.18. The van der Waals surface area contributed by atoms with Crippen LogP contribution in [0.3, 0.4) is 0 Å². The van der Waals surface area contributed by atoms with E-state index in [9.17, 15) is 4.79 Å². The van der Waals surface area contributed by atoms with Gasteiger partial charge in [-0.25, -0.2) is 14.6 Å². The molecule has 8 heteroatoms. The quantitative estimate of drug-likeness (QED) is 0.671. The van der Waals surface area contributed by atoms with Gasteiger partial charge in [0.05, 0.1) is 18.3 Å². The summed E-state index contributed by atoms with van der Waals surface area (Å²) in [6.45, 7) is 1.44. The predicted octanol–water partition coefficient (Wildman–Crippen LogP) is 1.83. The van der Waals surface area contributed by atoms with E-state index in [1.54, 1.807) is 35.5 Å². The Hall–Kier alpha value is -3.29. The second-order valence-corrected chi connectivity index (χ2v) is 7.09. The lowest BCUT2D eigenvalue weighted by Crippen LogP contribution is -2.37. The normalized spacial score (nSPS) is 16.4. The lowest BCUT2D eigenvalue weighted by atomic mass is 10.2. The van der Waals surface area contributed by atoms with Crippen LogP contribution in [0.1, 0.15) is 12.8 Å². The van der Waals surface area contributed by atoms with Gasteiger partial charge in [0.1, 0.15) is 18.0 Å². The van der Waals surface area contributed by atoms with E-state index in [4.69, 9.17) is 0 Å². The third kappa shape index (κ3) is 3.71. The Labute approximate surface area is 163 Å². The fourth-order valence-corrected chi connectivity index (χ4v) is 3.52. The van der Waals surface area contributed by atoms with Gasteiger partial charge in [0.15, 0.2) is 0 Å². The second kappa shape index (κ2) is 7.75. The summed E-state index contributed by atoms with van der Waals surface area (Å²) < 4.78 is 1.56. The van der Waals surface area contributed by atoms with Crippen LogP contribution >= 0.6 is 0 Å². The summed E-state index contributed by atoms with van der Waals surface area (Å²) in [6, 6.07) is 9.28. The Balaban J connectivity index is 1.60. The molecule has 0 radical (unpaired) electrons. The van der Waals surface area contributed by atoms with Gasteiger partial charge in [-0.3, -0.25) is 9.78 Å². The van der Waals surface area contributed by atoms with E-state index in [-0.39, 0.29) is 11.6 Å². The first-order valence-electron chi connectivity index (χ1n) is 9.36. The van der Waals surface area contributed by atoms with Crippen LogP contribution in [0.2, 0.25) is 0 Å². The minimum atomic E-state index is -0.0960. The first-order valence-corrected chi connectivity index (χ1v) is 9.36. The molecular formula is C20H23N7O. The minimum Gasteiger partial charge on any atom is -0.363 e. The van der Waals surface area contributed by atoms with Crippen molar-refractivity contribution in [3.8, 4) is 11.3 Å². The summed E-state index contributed by atoms with van der Waals surface area (Å²) in [4.78, 5) is 29.4. The lowest BCUT2D eigenvalue weighted by Gasteiger charge is -2.26. The van der Waals surface area contributed by atoms with Gasteiger partial charge in [0.2, 0.25) is 0 Å². The van der Waals surface area contributed by atoms with Crippen LogP contribution in [-0.2, 0) is 6.54 Å². The van der Waals surface area contributed by atoms with Crippen LogP contribution in [0.15, 0.2) is 53.8 Å². The van der Waals surface area contributed by atoms with Crippen molar-refractivity contribution < 1.29 is 0 Å². The molecule has 0 aromatic carbocycles. The van der Waals surface area contributed by atoms with E-state index in [1.165, 1.54) is 0 Å². The van der Waals surface area contributed by atoms with Crippen molar-refractivity contribution in [3.63, 3.8) is 0 Å². The van der Waals surface area contributed by atoms with Crippen LogP contribution in [0, 0.1) is 0 Å². The molecule has 28 heavy (non-hydrogen) atoms. The van der Waals surface area contributed by atoms with Crippen molar-refractivity contribution in [3.05, 3.63) is 59.4 Å². The number of hydrogen-bond acceptors (Lipinski definition) is 7. The summed E-state index contributed by atoms with van der Waals surface area (Å²) in [6.07, 6.45) is 7.10. The molecule has 3 aromatic rings. The maximum absolute atomic E-state index is 12.4. The molecule has 0 saturated carbocycles. The first-order chi connectivity index (χ1) is 13.6. The number of rotatable bonds is 5. The molecule has 1 aliphatic heterocycles. The Kier molecular flexibility index (Phi) is 5.01. The molecule has 0 bridgehead atoms. The molecule has 0 N–H and O–H groups in total. The molecule has 3 aromatic heterocycles. The lowest BCUT2D eigenvalue weighted by molar-refractivity contribution is 0.488. The molecule has 0 amide bonds. The van der Waals surface area contributed by atoms with E-state index < -0.39 is 0 Å². The van der Waals surface area contributed by atoms with Crippen molar-refractivity contribution >= 4 is 11.6 Å². The van der Waals surface area contributed by atoms with Crippen LogP contribution in [0.25, 0.3) is 11.3 Å². The first kappa shape index (κ1) is 18.1. The Morgan fingerprint density at radius 3 is 2.75 bits per heavy atom. The largest absolute Gasteiger partial charge is 0.363 e. The number of anilines is 2. The van der Waals surface area contributed by atoms with Crippen LogP contribution in [0.5, 0.6) is 0 Å². The monoisotopic (exact) mass is 377 g/mol. The molecule has 0 aliphatic carbocycles. The molecule has 1 atom stereocenters. The van der Waals surface area contributed by atoms with Crippen molar-refractivity contribution in [2.24, 2.45) is 0 Å². The Morgan fingerprint density at radius 1 is 1.14 bits per heavy atom. The van der Waals surface area contributed by atoms with Crippen molar-refractivity contribution in [1.82, 2.24) is 24.7 Å². The third-order valence-electron chi connectivity index (χ3n) is 4.99. The second-order valence-electron chi connectivity index (χ2n) is 7.09. The highest BCUT2D eigenvalue weighted by Gasteiger charge is 2.27. The van der Waals surface area contributed by atoms with Gasteiger partial charge in [-0.1, -0.05) is 0 Å². The minimum absolute atomic E-state index is 0.0960. The molecular weight excluding hydrogens is 354 g/mol. The maximum atomic E-state index is 12.4. The number of aromatic nitrogens is 5. The molecule has 1 unspecified atom stereocenters. The summed E-state index contributed by atoms with van der Waals surface area (Å²) >= 11 is 0. The number of pyridine rings is 1. The molecule has 4 rings (SSSR count). The zero-order valence-electron chi connectivity index (χ0n) is 16.1. The Bertz CT molecular complexity index is 1000. The van der Waals surface area contributed by atoms with E-state index >= 15 is 0 Å². The molecule has 4 heterocycles. The zero-order chi connectivity index (χ0) is 19.5. The summed E-state index contributed by atoms with van der Waals surface area (Å²) in [5, 5.41) is 4.59. The SMILES string of the molecule is CN(C)c1cc(N2CCCC2Cn2nc(-c3ccncc3)ccc2=O)ncn1. The fourth-order valence-electron chi connectivity index (χ4n) is 3.52. The zero-order valence-corrected chi connectivity index (χ0v) is 16.1. The smallest absolute Gasteiger partial charge is 0.266 e. The number of hydrogen-bond donors (Lipinski definition) is 0. The van der Waals surface area contributed by atoms with Gasteiger partial charge in [-0.05, 0) is 31.0 Å². The summed E-state index contributed by atoms with van der Waals surface area (Å²) in [5.74, 6) is 1.75. The van der Waals surface area contributed by atoms with Crippen LogP contribution < -0.4 is 15.4 Å². The molecule has 0 spiro atoms.